The molecule has 0 spiro atoms. The number of benzene rings is 3. The Bertz CT molecular complexity index is 1370. The number of nitrogens with zero attached hydrogens (tertiary/aromatic N) is 1. The molecular formula is C27H28N2O5S. The zero-order chi connectivity index (χ0) is 25.2. The van der Waals surface area contributed by atoms with Crippen molar-refractivity contribution in [3.8, 4) is 5.75 Å². The summed E-state index contributed by atoms with van der Waals surface area (Å²) in [5.74, 6) is -0.507. The van der Waals surface area contributed by atoms with Crippen LogP contribution in [-0.4, -0.2) is 27.3 Å². The van der Waals surface area contributed by atoms with E-state index in [1.165, 1.54) is 11.4 Å². The number of nitrogens with one attached hydrogen (secondary N) is 1. The second kappa shape index (κ2) is 9.92. The van der Waals surface area contributed by atoms with Crippen LogP contribution >= 0.6 is 0 Å². The number of hydrogen-bond acceptors (Lipinski definition) is 5. The quantitative estimate of drug-likeness (QED) is 0.384. The van der Waals surface area contributed by atoms with Crippen molar-refractivity contribution in [3.05, 3.63) is 83.4 Å². The van der Waals surface area contributed by atoms with Crippen LogP contribution in [0.5, 0.6) is 5.75 Å². The van der Waals surface area contributed by atoms with Gasteiger partial charge < -0.3 is 10.1 Å². The summed E-state index contributed by atoms with van der Waals surface area (Å²) in [6, 6.07) is 19.0. The Labute approximate surface area is 205 Å². The van der Waals surface area contributed by atoms with Gasteiger partial charge in [0.25, 0.3) is 10.0 Å². The van der Waals surface area contributed by atoms with Crippen molar-refractivity contribution in [1.82, 2.24) is 0 Å². The van der Waals surface area contributed by atoms with Crippen LogP contribution in [0.1, 0.15) is 29.5 Å². The number of para-hydroxylation sites is 1. The monoisotopic (exact) mass is 492 g/mol. The standard InChI is InChI=1S/C27H28N2O5S/c1-18-8-14-24(16-19(18)2)35(32,33)29(3)22-10-12-23(13-11-22)34-26(30)15-9-21-17-20-6-4-5-7-25(20)28-27(21)31/h4-8,10-14,16,21H,9,15,17H2,1-3H3,(H,28,31)/t21-/m0/s1. The summed E-state index contributed by atoms with van der Waals surface area (Å²) in [5.41, 5.74) is 4.24. The molecule has 182 valence electrons. The van der Waals surface area contributed by atoms with Gasteiger partial charge in [-0.15, -0.1) is 0 Å². The van der Waals surface area contributed by atoms with E-state index in [1.807, 2.05) is 38.1 Å². The fourth-order valence-electron chi connectivity index (χ4n) is 4.02. The fraction of sp³-hybridized carbons (Fsp3) is 0.259. The van der Waals surface area contributed by atoms with Crippen LogP contribution in [0, 0.1) is 19.8 Å². The minimum atomic E-state index is -3.73. The van der Waals surface area contributed by atoms with Gasteiger partial charge in [-0.05, 0) is 85.8 Å². The molecule has 0 saturated carbocycles. The Morgan fingerprint density at radius 2 is 1.74 bits per heavy atom. The first-order chi connectivity index (χ1) is 16.6. The highest BCUT2D eigenvalue weighted by Gasteiger charge is 2.27. The van der Waals surface area contributed by atoms with Gasteiger partial charge in [-0.3, -0.25) is 13.9 Å². The Balaban J connectivity index is 1.35. The normalized spacial score (nSPS) is 15.2. The van der Waals surface area contributed by atoms with E-state index >= 15 is 0 Å². The average molecular weight is 493 g/mol. The number of carbonyl (C=O) groups is 2. The third-order valence-electron chi connectivity index (χ3n) is 6.38. The largest absolute Gasteiger partial charge is 0.427 e. The van der Waals surface area contributed by atoms with Crippen molar-refractivity contribution in [2.75, 3.05) is 16.7 Å². The molecule has 0 fully saturated rings. The molecule has 4 rings (SSSR count). The molecule has 1 amide bonds. The molecule has 0 aromatic heterocycles. The molecule has 1 atom stereocenters. The van der Waals surface area contributed by atoms with Crippen LogP contribution in [0.15, 0.2) is 71.6 Å². The van der Waals surface area contributed by atoms with Crippen molar-refractivity contribution < 1.29 is 22.7 Å². The molecule has 1 aliphatic heterocycles. The van der Waals surface area contributed by atoms with Gasteiger partial charge in [-0.25, -0.2) is 8.42 Å². The second-order valence-electron chi connectivity index (χ2n) is 8.77. The number of carbonyl (C=O) groups excluding carboxylic acids is 2. The van der Waals surface area contributed by atoms with E-state index in [4.69, 9.17) is 4.74 Å². The van der Waals surface area contributed by atoms with Gasteiger partial charge in [0.2, 0.25) is 5.91 Å². The SMILES string of the molecule is Cc1ccc(S(=O)(=O)N(C)c2ccc(OC(=O)CC[C@H]3Cc4ccccc4NC3=O)cc2)cc1C. The molecule has 8 heteroatoms. The number of sulfonamides is 1. The molecule has 1 heterocycles. The molecule has 0 saturated heterocycles. The summed E-state index contributed by atoms with van der Waals surface area (Å²) >= 11 is 0. The molecule has 0 bridgehead atoms. The highest BCUT2D eigenvalue weighted by atomic mass is 32.2. The number of ether oxygens (including phenoxy) is 1. The Morgan fingerprint density at radius 1 is 1.03 bits per heavy atom. The fourth-order valence-corrected chi connectivity index (χ4v) is 5.30. The topological polar surface area (TPSA) is 92.8 Å². The van der Waals surface area contributed by atoms with Crippen molar-refractivity contribution in [2.24, 2.45) is 5.92 Å². The van der Waals surface area contributed by atoms with Crippen molar-refractivity contribution in [3.63, 3.8) is 0 Å². The number of rotatable bonds is 7. The van der Waals surface area contributed by atoms with Crippen LogP contribution in [0.25, 0.3) is 0 Å². The highest BCUT2D eigenvalue weighted by molar-refractivity contribution is 7.92. The predicted molar refractivity (Wildman–Crippen MR) is 135 cm³/mol. The van der Waals surface area contributed by atoms with Gasteiger partial charge in [0.15, 0.2) is 0 Å². The summed E-state index contributed by atoms with van der Waals surface area (Å²) in [7, 11) is -2.24. The maximum atomic E-state index is 13.0. The molecule has 35 heavy (non-hydrogen) atoms. The van der Waals surface area contributed by atoms with E-state index in [9.17, 15) is 18.0 Å². The summed E-state index contributed by atoms with van der Waals surface area (Å²) in [5, 5.41) is 2.89. The van der Waals surface area contributed by atoms with E-state index in [-0.39, 0.29) is 23.1 Å². The zero-order valence-corrected chi connectivity index (χ0v) is 20.8. The van der Waals surface area contributed by atoms with E-state index in [0.29, 0.717) is 24.3 Å². The molecule has 1 aliphatic rings. The van der Waals surface area contributed by atoms with Crippen LogP contribution < -0.4 is 14.4 Å². The molecule has 0 radical (unpaired) electrons. The van der Waals surface area contributed by atoms with Crippen LogP contribution in [0.4, 0.5) is 11.4 Å². The lowest BCUT2D eigenvalue weighted by Gasteiger charge is -2.24. The second-order valence-corrected chi connectivity index (χ2v) is 10.7. The molecule has 7 nitrogen and oxygen atoms in total. The maximum absolute atomic E-state index is 13.0. The first-order valence-electron chi connectivity index (χ1n) is 11.4. The lowest BCUT2D eigenvalue weighted by Crippen LogP contribution is -2.30. The number of fused-ring (bicyclic) bond motifs is 1. The van der Waals surface area contributed by atoms with Gasteiger partial charge in [-0.2, -0.15) is 0 Å². The minimum Gasteiger partial charge on any atom is -0.427 e. The van der Waals surface area contributed by atoms with Crippen molar-refractivity contribution in [2.45, 2.75) is 38.0 Å². The van der Waals surface area contributed by atoms with Crippen LogP contribution in [0.2, 0.25) is 0 Å². The summed E-state index contributed by atoms with van der Waals surface area (Å²) in [6.45, 7) is 3.80. The molecule has 0 aliphatic carbocycles. The van der Waals surface area contributed by atoms with Crippen LogP contribution in [-0.2, 0) is 26.0 Å². The highest BCUT2D eigenvalue weighted by Crippen LogP contribution is 2.28. The van der Waals surface area contributed by atoms with E-state index < -0.39 is 16.0 Å². The van der Waals surface area contributed by atoms with E-state index in [1.54, 1.807) is 42.5 Å². The molecule has 3 aromatic carbocycles. The Hall–Kier alpha value is -3.65. The summed E-state index contributed by atoms with van der Waals surface area (Å²) < 4.78 is 32.6. The van der Waals surface area contributed by atoms with Gasteiger partial charge in [0.1, 0.15) is 5.75 Å². The van der Waals surface area contributed by atoms with Crippen LogP contribution in [0.3, 0.4) is 0 Å². The zero-order valence-electron chi connectivity index (χ0n) is 19.9. The lowest BCUT2D eigenvalue weighted by molar-refractivity contribution is -0.134. The third-order valence-corrected chi connectivity index (χ3v) is 8.16. The van der Waals surface area contributed by atoms with Gasteiger partial charge in [-0.1, -0.05) is 24.3 Å². The van der Waals surface area contributed by atoms with Gasteiger partial charge in [0, 0.05) is 25.1 Å². The number of hydrogen-bond donors (Lipinski definition) is 1. The van der Waals surface area contributed by atoms with E-state index in [0.717, 1.165) is 22.4 Å². The number of aryl methyl sites for hydroxylation is 2. The first kappa shape index (κ1) is 24.5. The molecular weight excluding hydrogens is 464 g/mol. The summed E-state index contributed by atoms with van der Waals surface area (Å²) in [4.78, 5) is 24.9. The summed E-state index contributed by atoms with van der Waals surface area (Å²) in [6.07, 6.45) is 1.07. The van der Waals surface area contributed by atoms with Crippen molar-refractivity contribution in [1.29, 1.82) is 0 Å². The maximum Gasteiger partial charge on any atom is 0.311 e. The first-order valence-corrected chi connectivity index (χ1v) is 12.8. The number of amides is 1. The number of esters is 1. The molecule has 0 unspecified atom stereocenters. The van der Waals surface area contributed by atoms with Crippen molar-refractivity contribution >= 4 is 33.3 Å². The predicted octanol–water partition coefficient (Wildman–Crippen LogP) is 4.63. The minimum absolute atomic E-state index is 0.0890. The van der Waals surface area contributed by atoms with Gasteiger partial charge in [0.05, 0.1) is 10.6 Å². The number of anilines is 2. The smallest absolute Gasteiger partial charge is 0.311 e. The van der Waals surface area contributed by atoms with E-state index in [2.05, 4.69) is 5.32 Å². The Kier molecular flexibility index (Phi) is 6.93. The average Bonchev–Trinajstić information content (AvgIpc) is 2.84. The lowest BCUT2D eigenvalue weighted by atomic mass is 9.90. The molecule has 3 aromatic rings. The Morgan fingerprint density at radius 3 is 2.46 bits per heavy atom. The third kappa shape index (κ3) is 5.38. The van der Waals surface area contributed by atoms with Gasteiger partial charge >= 0.3 is 5.97 Å². The molecule has 1 N–H and O–H groups in total.